The minimum Gasteiger partial charge on any atom is -0.465 e. The number of hydrogen-bond donors (Lipinski definition) is 1. The van der Waals surface area contributed by atoms with Gasteiger partial charge >= 0.3 is 5.97 Å². The molecule has 0 saturated heterocycles. The van der Waals surface area contributed by atoms with Crippen LogP contribution < -0.4 is 5.32 Å². The van der Waals surface area contributed by atoms with E-state index >= 15 is 0 Å². The summed E-state index contributed by atoms with van der Waals surface area (Å²) in [5.41, 5.74) is 1.84. The molecule has 0 fully saturated rings. The average molecular weight is 314 g/mol. The molecule has 3 rings (SSSR count). The Balaban J connectivity index is 2.03. The third-order valence-corrected chi connectivity index (χ3v) is 3.43. The van der Waals surface area contributed by atoms with Gasteiger partial charge in [0.1, 0.15) is 5.82 Å². The molecule has 0 bridgehead atoms. The smallest absolute Gasteiger partial charge is 0.337 e. The van der Waals surface area contributed by atoms with Gasteiger partial charge in [0, 0.05) is 17.6 Å². The third-order valence-electron chi connectivity index (χ3n) is 3.11. The van der Waals surface area contributed by atoms with Crippen molar-refractivity contribution in [2.45, 2.75) is 0 Å². The molecule has 0 aliphatic rings. The number of rotatable bonds is 3. The number of anilines is 2. The summed E-state index contributed by atoms with van der Waals surface area (Å²) in [7, 11) is 1.34. The summed E-state index contributed by atoms with van der Waals surface area (Å²) in [5.74, 6) is 0.165. The predicted octanol–water partition coefficient (Wildman–Crippen LogP) is 3.81. The Morgan fingerprint density at radius 3 is 2.86 bits per heavy atom. The second-order valence-corrected chi connectivity index (χ2v) is 4.99. The molecule has 0 aliphatic carbocycles. The van der Waals surface area contributed by atoms with Crippen molar-refractivity contribution < 1.29 is 9.53 Å². The fourth-order valence-electron chi connectivity index (χ4n) is 2.08. The maximum atomic E-state index is 11.6. The van der Waals surface area contributed by atoms with Crippen molar-refractivity contribution in [2.75, 3.05) is 12.4 Å². The van der Waals surface area contributed by atoms with Crippen LogP contribution in [0.4, 0.5) is 11.5 Å². The van der Waals surface area contributed by atoms with E-state index in [1.165, 1.54) is 7.11 Å². The Kier molecular flexibility index (Phi) is 3.89. The molecule has 0 amide bonds. The lowest BCUT2D eigenvalue weighted by Gasteiger charge is -2.08. The molecule has 110 valence electrons. The van der Waals surface area contributed by atoms with Crippen LogP contribution in [0, 0.1) is 0 Å². The number of benzene rings is 1. The van der Waals surface area contributed by atoms with Crippen molar-refractivity contribution in [2.24, 2.45) is 0 Å². The van der Waals surface area contributed by atoms with Gasteiger partial charge in [-0.15, -0.1) is 0 Å². The zero-order valence-electron chi connectivity index (χ0n) is 11.7. The summed E-state index contributed by atoms with van der Waals surface area (Å²) in [6.45, 7) is 0. The molecule has 0 radical (unpaired) electrons. The Labute approximate surface area is 131 Å². The number of pyridine rings is 2. The lowest BCUT2D eigenvalue weighted by molar-refractivity contribution is 0.0601. The quantitative estimate of drug-likeness (QED) is 0.745. The summed E-state index contributed by atoms with van der Waals surface area (Å²) in [6, 6.07) is 10.5. The van der Waals surface area contributed by atoms with Gasteiger partial charge < -0.3 is 10.1 Å². The molecule has 22 heavy (non-hydrogen) atoms. The summed E-state index contributed by atoms with van der Waals surface area (Å²) in [4.78, 5) is 20.1. The average Bonchev–Trinajstić information content (AvgIpc) is 2.54. The maximum Gasteiger partial charge on any atom is 0.337 e. The number of aromatic nitrogens is 2. The van der Waals surface area contributed by atoms with Gasteiger partial charge in [-0.1, -0.05) is 17.7 Å². The standard InChI is InChI=1S/C16H12ClN3O2/c1-22-16(21)10-4-5-12-13(17)8-15(20-14(12)7-10)19-11-3-2-6-18-9-11/h2-9H,1H3,(H,19,20). The van der Waals surface area contributed by atoms with Gasteiger partial charge in [-0.2, -0.15) is 0 Å². The first kappa shape index (κ1) is 14.3. The Morgan fingerprint density at radius 1 is 1.27 bits per heavy atom. The van der Waals surface area contributed by atoms with Gasteiger partial charge in [0.15, 0.2) is 0 Å². The van der Waals surface area contributed by atoms with E-state index < -0.39 is 5.97 Å². The van der Waals surface area contributed by atoms with Crippen molar-refractivity contribution in [1.82, 2.24) is 9.97 Å². The Morgan fingerprint density at radius 2 is 2.14 bits per heavy atom. The fourth-order valence-corrected chi connectivity index (χ4v) is 2.34. The van der Waals surface area contributed by atoms with Crippen molar-refractivity contribution in [3.63, 3.8) is 0 Å². The number of carbonyl (C=O) groups is 1. The number of nitrogens with zero attached hydrogens (tertiary/aromatic N) is 2. The van der Waals surface area contributed by atoms with Crippen LogP contribution in [0.5, 0.6) is 0 Å². The topological polar surface area (TPSA) is 64.1 Å². The molecular formula is C16H12ClN3O2. The van der Waals surface area contributed by atoms with Gasteiger partial charge in [-0.3, -0.25) is 4.98 Å². The van der Waals surface area contributed by atoms with E-state index in [9.17, 15) is 4.79 Å². The number of fused-ring (bicyclic) bond motifs is 1. The first-order valence-corrected chi connectivity index (χ1v) is 6.91. The highest BCUT2D eigenvalue weighted by Crippen LogP contribution is 2.27. The normalized spacial score (nSPS) is 10.5. The third kappa shape index (κ3) is 2.84. The van der Waals surface area contributed by atoms with E-state index in [2.05, 4.69) is 15.3 Å². The molecule has 5 nitrogen and oxygen atoms in total. The minimum atomic E-state index is -0.412. The number of methoxy groups -OCH3 is 1. The van der Waals surface area contributed by atoms with Crippen LogP contribution in [-0.2, 0) is 4.74 Å². The van der Waals surface area contributed by atoms with Gasteiger partial charge in [0.25, 0.3) is 0 Å². The van der Waals surface area contributed by atoms with Gasteiger partial charge in [-0.05, 0) is 24.3 Å². The first-order valence-electron chi connectivity index (χ1n) is 6.53. The molecule has 0 aliphatic heterocycles. The molecule has 1 aromatic carbocycles. The summed E-state index contributed by atoms with van der Waals surface area (Å²) in [5, 5.41) is 4.44. The molecule has 0 spiro atoms. The molecular weight excluding hydrogens is 302 g/mol. The van der Waals surface area contributed by atoms with E-state index in [0.717, 1.165) is 11.1 Å². The molecule has 0 unspecified atom stereocenters. The molecule has 2 aromatic heterocycles. The van der Waals surface area contributed by atoms with Gasteiger partial charge in [0.05, 0.1) is 35.1 Å². The number of ether oxygens (including phenoxy) is 1. The van der Waals surface area contributed by atoms with E-state index in [1.807, 2.05) is 12.1 Å². The lowest BCUT2D eigenvalue weighted by atomic mass is 10.1. The van der Waals surface area contributed by atoms with Crippen molar-refractivity contribution in [3.8, 4) is 0 Å². The lowest BCUT2D eigenvalue weighted by Crippen LogP contribution is -2.01. The fraction of sp³-hybridized carbons (Fsp3) is 0.0625. The van der Waals surface area contributed by atoms with E-state index in [1.54, 1.807) is 36.7 Å². The number of esters is 1. The number of hydrogen-bond acceptors (Lipinski definition) is 5. The zero-order valence-corrected chi connectivity index (χ0v) is 12.5. The van der Waals surface area contributed by atoms with Gasteiger partial charge in [0.2, 0.25) is 0 Å². The maximum absolute atomic E-state index is 11.6. The highest BCUT2D eigenvalue weighted by atomic mass is 35.5. The highest BCUT2D eigenvalue weighted by Gasteiger charge is 2.10. The van der Waals surface area contributed by atoms with E-state index in [-0.39, 0.29) is 0 Å². The molecule has 0 saturated carbocycles. The van der Waals surface area contributed by atoms with E-state index in [0.29, 0.717) is 21.9 Å². The SMILES string of the molecule is COC(=O)c1ccc2c(Cl)cc(Nc3cccnc3)nc2c1. The van der Waals surface area contributed by atoms with E-state index in [4.69, 9.17) is 16.3 Å². The van der Waals surface area contributed by atoms with Crippen LogP contribution in [0.25, 0.3) is 10.9 Å². The van der Waals surface area contributed by atoms with Crippen molar-refractivity contribution in [3.05, 3.63) is 59.4 Å². The highest BCUT2D eigenvalue weighted by molar-refractivity contribution is 6.35. The molecule has 2 heterocycles. The van der Waals surface area contributed by atoms with Crippen LogP contribution in [0.15, 0.2) is 48.8 Å². The first-order chi connectivity index (χ1) is 10.7. The monoisotopic (exact) mass is 313 g/mol. The summed E-state index contributed by atoms with van der Waals surface area (Å²) in [6.07, 6.45) is 3.37. The zero-order chi connectivity index (χ0) is 15.5. The molecule has 3 aromatic rings. The van der Waals surface area contributed by atoms with Crippen molar-refractivity contribution in [1.29, 1.82) is 0 Å². The summed E-state index contributed by atoms with van der Waals surface area (Å²) < 4.78 is 4.72. The second kappa shape index (κ2) is 5.99. The van der Waals surface area contributed by atoms with Crippen LogP contribution in [-0.4, -0.2) is 23.0 Å². The largest absolute Gasteiger partial charge is 0.465 e. The summed E-state index contributed by atoms with van der Waals surface area (Å²) >= 11 is 6.28. The number of carbonyl (C=O) groups excluding carboxylic acids is 1. The predicted molar refractivity (Wildman–Crippen MR) is 85.6 cm³/mol. The second-order valence-electron chi connectivity index (χ2n) is 4.58. The molecule has 1 N–H and O–H groups in total. The number of halogens is 1. The van der Waals surface area contributed by atoms with Crippen molar-refractivity contribution >= 4 is 40.0 Å². The number of nitrogens with one attached hydrogen (secondary N) is 1. The molecule has 6 heteroatoms. The van der Waals surface area contributed by atoms with Crippen LogP contribution >= 0.6 is 11.6 Å². The van der Waals surface area contributed by atoms with Crippen LogP contribution in [0.1, 0.15) is 10.4 Å². The van der Waals surface area contributed by atoms with Crippen LogP contribution in [0.2, 0.25) is 5.02 Å². The minimum absolute atomic E-state index is 0.412. The molecule has 0 atom stereocenters. The Bertz CT molecular complexity index is 837. The Hall–Kier alpha value is -2.66. The van der Waals surface area contributed by atoms with Gasteiger partial charge in [-0.25, -0.2) is 9.78 Å². The van der Waals surface area contributed by atoms with Crippen LogP contribution in [0.3, 0.4) is 0 Å².